The van der Waals surface area contributed by atoms with Gasteiger partial charge in [-0.25, -0.2) is 0 Å². The Kier molecular flexibility index (Phi) is 5.02. The highest BCUT2D eigenvalue weighted by atomic mass is 16.3. The van der Waals surface area contributed by atoms with Crippen LogP contribution in [0.5, 0.6) is 0 Å². The van der Waals surface area contributed by atoms with Crippen LogP contribution in [0.4, 0.5) is 0 Å². The topological polar surface area (TPSA) is 68.3 Å². The molecule has 3 N–H and O–H groups in total. The first-order chi connectivity index (χ1) is 9.20. The number of carbonyl (C=O) groups is 1. The number of rotatable bonds is 5. The highest BCUT2D eigenvalue weighted by molar-refractivity contribution is 5.79. The molecule has 1 aliphatic carbocycles. The van der Waals surface area contributed by atoms with Crippen LogP contribution in [-0.2, 0) is 11.2 Å². The van der Waals surface area contributed by atoms with Gasteiger partial charge in [0.15, 0.2) is 0 Å². The van der Waals surface area contributed by atoms with Crippen LogP contribution in [0.15, 0.2) is 22.8 Å². The van der Waals surface area contributed by atoms with Crippen LogP contribution >= 0.6 is 0 Å². The highest BCUT2D eigenvalue weighted by Crippen LogP contribution is 2.29. The molecule has 0 aliphatic heterocycles. The summed E-state index contributed by atoms with van der Waals surface area (Å²) in [7, 11) is 0. The van der Waals surface area contributed by atoms with Gasteiger partial charge in [-0.1, -0.05) is 12.8 Å². The smallest absolute Gasteiger partial charge is 0.223 e. The lowest BCUT2D eigenvalue weighted by atomic mass is 9.78. The minimum atomic E-state index is 0.0952. The van der Waals surface area contributed by atoms with Gasteiger partial charge in [0.2, 0.25) is 5.91 Å². The first kappa shape index (κ1) is 14.1. The van der Waals surface area contributed by atoms with E-state index in [0.717, 1.165) is 31.4 Å². The zero-order valence-electron chi connectivity index (χ0n) is 11.6. The summed E-state index contributed by atoms with van der Waals surface area (Å²) in [6, 6.07) is 3.90. The molecule has 0 aromatic carbocycles. The molecular formula is C15H24N2O2. The van der Waals surface area contributed by atoms with Gasteiger partial charge >= 0.3 is 0 Å². The quantitative estimate of drug-likeness (QED) is 0.855. The Hall–Kier alpha value is -1.29. The summed E-state index contributed by atoms with van der Waals surface area (Å²) < 4.78 is 5.30. The Morgan fingerprint density at radius 2 is 2.32 bits per heavy atom. The van der Waals surface area contributed by atoms with E-state index >= 15 is 0 Å². The predicted molar refractivity (Wildman–Crippen MR) is 74.5 cm³/mol. The monoisotopic (exact) mass is 264 g/mol. The Morgan fingerprint density at radius 1 is 1.53 bits per heavy atom. The summed E-state index contributed by atoms with van der Waals surface area (Å²) in [6.07, 6.45) is 6.80. The Bertz CT molecular complexity index is 389. The number of amides is 1. The molecular weight excluding hydrogens is 240 g/mol. The second-order valence-corrected chi connectivity index (χ2v) is 5.58. The maximum Gasteiger partial charge on any atom is 0.223 e. The molecule has 1 fully saturated rings. The van der Waals surface area contributed by atoms with E-state index in [4.69, 9.17) is 10.2 Å². The average molecular weight is 264 g/mol. The number of nitrogens with one attached hydrogen (secondary N) is 1. The summed E-state index contributed by atoms with van der Waals surface area (Å²) in [5, 5.41) is 3.10. The molecule has 19 heavy (non-hydrogen) atoms. The van der Waals surface area contributed by atoms with Crippen LogP contribution < -0.4 is 11.1 Å². The third-order valence-corrected chi connectivity index (χ3v) is 4.02. The molecule has 0 saturated heterocycles. The standard InChI is InChI=1S/C15H24N2O2/c1-11(9-13-6-4-8-19-13)17-15(18)14-7-3-2-5-12(14)10-16/h4,6,8,11-12,14H,2-3,5,7,9-10,16H2,1H3,(H,17,18). The Morgan fingerprint density at radius 3 is 3.00 bits per heavy atom. The number of nitrogens with two attached hydrogens (primary N) is 1. The van der Waals surface area contributed by atoms with Crippen molar-refractivity contribution in [3.05, 3.63) is 24.2 Å². The van der Waals surface area contributed by atoms with E-state index in [0.29, 0.717) is 12.5 Å². The number of hydrogen-bond acceptors (Lipinski definition) is 3. The average Bonchev–Trinajstić information content (AvgIpc) is 2.91. The van der Waals surface area contributed by atoms with Gasteiger partial charge in [-0.05, 0) is 44.4 Å². The van der Waals surface area contributed by atoms with E-state index in [-0.39, 0.29) is 17.9 Å². The molecule has 1 amide bonds. The molecule has 0 spiro atoms. The molecule has 106 valence electrons. The molecule has 0 bridgehead atoms. The van der Waals surface area contributed by atoms with Crippen LogP contribution in [0.1, 0.15) is 38.4 Å². The fraction of sp³-hybridized carbons (Fsp3) is 0.667. The minimum Gasteiger partial charge on any atom is -0.469 e. The lowest BCUT2D eigenvalue weighted by molar-refractivity contribution is -0.128. The molecule has 2 rings (SSSR count). The molecule has 1 aromatic heterocycles. The van der Waals surface area contributed by atoms with E-state index in [2.05, 4.69) is 5.32 Å². The van der Waals surface area contributed by atoms with Gasteiger partial charge in [-0.15, -0.1) is 0 Å². The van der Waals surface area contributed by atoms with E-state index in [1.54, 1.807) is 6.26 Å². The molecule has 3 unspecified atom stereocenters. The van der Waals surface area contributed by atoms with Crippen molar-refractivity contribution in [2.75, 3.05) is 6.54 Å². The Labute approximate surface area is 114 Å². The zero-order chi connectivity index (χ0) is 13.7. The van der Waals surface area contributed by atoms with Crippen molar-refractivity contribution in [2.45, 2.75) is 45.1 Å². The second-order valence-electron chi connectivity index (χ2n) is 5.58. The molecule has 0 radical (unpaired) electrons. The highest BCUT2D eigenvalue weighted by Gasteiger charge is 2.30. The SMILES string of the molecule is CC(Cc1ccco1)NC(=O)C1CCCCC1CN. The van der Waals surface area contributed by atoms with Crippen molar-refractivity contribution < 1.29 is 9.21 Å². The molecule has 4 nitrogen and oxygen atoms in total. The molecule has 1 aromatic rings. The van der Waals surface area contributed by atoms with Crippen molar-refractivity contribution in [3.8, 4) is 0 Å². The van der Waals surface area contributed by atoms with Crippen molar-refractivity contribution >= 4 is 5.91 Å². The van der Waals surface area contributed by atoms with E-state index in [9.17, 15) is 4.79 Å². The summed E-state index contributed by atoms with van der Waals surface area (Å²) in [5.41, 5.74) is 5.78. The number of furan rings is 1. The van der Waals surface area contributed by atoms with Gasteiger partial charge in [0.05, 0.1) is 6.26 Å². The van der Waals surface area contributed by atoms with Gasteiger partial charge in [-0.3, -0.25) is 4.79 Å². The van der Waals surface area contributed by atoms with Crippen molar-refractivity contribution in [2.24, 2.45) is 17.6 Å². The maximum atomic E-state index is 12.3. The van der Waals surface area contributed by atoms with E-state index < -0.39 is 0 Å². The van der Waals surface area contributed by atoms with Crippen LogP contribution in [0.3, 0.4) is 0 Å². The number of hydrogen-bond donors (Lipinski definition) is 2. The molecule has 4 heteroatoms. The van der Waals surface area contributed by atoms with Crippen LogP contribution in [0, 0.1) is 11.8 Å². The number of carbonyl (C=O) groups excluding carboxylic acids is 1. The van der Waals surface area contributed by atoms with Crippen molar-refractivity contribution in [1.29, 1.82) is 0 Å². The van der Waals surface area contributed by atoms with Gasteiger partial charge < -0.3 is 15.5 Å². The normalized spacial score (nSPS) is 24.9. The largest absolute Gasteiger partial charge is 0.469 e. The lowest BCUT2D eigenvalue weighted by Crippen LogP contribution is -2.43. The molecule has 1 aliphatic rings. The predicted octanol–water partition coefficient (Wildman–Crippen LogP) is 2.09. The zero-order valence-corrected chi connectivity index (χ0v) is 11.6. The Balaban J connectivity index is 1.85. The van der Waals surface area contributed by atoms with E-state index in [1.165, 1.54) is 6.42 Å². The first-order valence-electron chi connectivity index (χ1n) is 7.23. The minimum absolute atomic E-state index is 0.0952. The van der Waals surface area contributed by atoms with Gasteiger partial charge in [0.1, 0.15) is 5.76 Å². The van der Waals surface area contributed by atoms with Crippen LogP contribution in [0.2, 0.25) is 0 Å². The third kappa shape index (κ3) is 3.83. The van der Waals surface area contributed by atoms with Crippen molar-refractivity contribution in [1.82, 2.24) is 5.32 Å². The first-order valence-corrected chi connectivity index (χ1v) is 7.23. The summed E-state index contributed by atoms with van der Waals surface area (Å²) in [5.74, 6) is 1.52. The van der Waals surface area contributed by atoms with Gasteiger partial charge in [0.25, 0.3) is 0 Å². The van der Waals surface area contributed by atoms with E-state index in [1.807, 2.05) is 19.1 Å². The fourth-order valence-electron chi connectivity index (χ4n) is 2.97. The second kappa shape index (κ2) is 6.75. The van der Waals surface area contributed by atoms with Gasteiger partial charge in [0, 0.05) is 18.4 Å². The van der Waals surface area contributed by atoms with Crippen LogP contribution in [0.25, 0.3) is 0 Å². The summed E-state index contributed by atoms with van der Waals surface area (Å²) in [6.45, 7) is 2.63. The third-order valence-electron chi connectivity index (χ3n) is 4.02. The summed E-state index contributed by atoms with van der Waals surface area (Å²) in [4.78, 5) is 12.3. The lowest BCUT2D eigenvalue weighted by Gasteiger charge is -2.30. The molecule has 1 heterocycles. The van der Waals surface area contributed by atoms with Crippen molar-refractivity contribution in [3.63, 3.8) is 0 Å². The molecule has 1 saturated carbocycles. The maximum absolute atomic E-state index is 12.3. The van der Waals surface area contributed by atoms with Crippen LogP contribution in [-0.4, -0.2) is 18.5 Å². The molecule has 3 atom stereocenters. The summed E-state index contributed by atoms with van der Waals surface area (Å²) >= 11 is 0. The van der Waals surface area contributed by atoms with Gasteiger partial charge in [-0.2, -0.15) is 0 Å². The fourth-order valence-corrected chi connectivity index (χ4v) is 2.97.